The van der Waals surface area contributed by atoms with Crippen molar-refractivity contribution in [2.45, 2.75) is 24.6 Å². The predicted molar refractivity (Wildman–Crippen MR) is 91.5 cm³/mol. The number of nitrogens with one attached hydrogen (secondary N) is 1. The standard InChI is InChI=1S/C17H20FN3O2S/c18-16-7-4-10-19-17(16)20-15-8-11-21(12-9-15)24(22,23)13-14-5-2-1-3-6-14/h1-7,10,15H,8-9,11-13H2,(H,19,20). The van der Waals surface area contributed by atoms with Crippen LogP contribution in [0.1, 0.15) is 18.4 Å². The van der Waals surface area contributed by atoms with Gasteiger partial charge in [0, 0.05) is 25.3 Å². The fourth-order valence-corrected chi connectivity index (χ4v) is 4.40. The van der Waals surface area contributed by atoms with E-state index in [9.17, 15) is 12.8 Å². The van der Waals surface area contributed by atoms with Gasteiger partial charge in [-0.2, -0.15) is 0 Å². The molecule has 0 unspecified atom stereocenters. The lowest BCUT2D eigenvalue weighted by Crippen LogP contribution is -2.43. The lowest BCUT2D eigenvalue weighted by molar-refractivity contribution is 0.328. The largest absolute Gasteiger partial charge is 0.365 e. The summed E-state index contributed by atoms with van der Waals surface area (Å²) in [5.41, 5.74) is 0.785. The van der Waals surface area contributed by atoms with Crippen LogP contribution in [-0.2, 0) is 15.8 Å². The van der Waals surface area contributed by atoms with Gasteiger partial charge in [-0.15, -0.1) is 0 Å². The molecule has 7 heteroatoms. The molecule has 0 atom stereocenters. The average Bonchev–Trinajstić information content (AvgIpc) is 2.58. The second-order valence-electron chi connectivity index (χ2n) is 5.89. The Morgan fingerprint density at radius 3 is 2.50 bits per heavy atom. The van der Waals surface area contributed by atoms with Crippen LogP contribution in [0.3, 0.4) is 0 Å². The highest BCUT2D eigenvalue weighted by atomic mass is 32.2. The van der Waals surface area contributed by atoms with Gasteiger partial charge in [0.25, 0.3) is 0 Å². The van der Waals surface area contributed by atoms with Crippen molar-refractivity contribution in [2.75, 3.05) is 18.4 Å². The third kappa shape index (κ3) is 4.10. The Labute approximate surface area is 141 Å². The zero-order valence-corrected chi connectivity index (χ0v) is 14.0. The van der Waals surface area contributed by atoms with E-state index in [4.69, 9.17) is 0 Å². The van der Waals surface area contributed by atoms with E-state index in [0.29, 0.717) is 25.9 Å². The number of anilines is 1. The first-order chi connectivity index (χ1) is 11.5. The van der Waals surface area contributed by atoms with Crippen LogP contribution >= 0.6 is 0 Å². The number of hydrogen-bond donors (Lipinski definition) is 1. The maximum Gasteiger partial charge on any atom is 0.218 e. The van der Waals surface area contributed by atoms with Crippen LogP contribution in [0.15, 0.2) is 48.7 Å². The SMILES string of the molecule is O=S(=O)(Cc1ccccc1)N1CCC(Nc2ncccc2F)CC1. The third-order valence-electron chi connectivity index (χ3n) is 4.14. The molecule has 5 nitrogen and oxygen atoms in total. The van der Waals surface area contributed by atoms with Crippen LogP contribution in [-0.4, -0.2) is 36.8 Å². The number of piperidine rings is 1. The van der Waals surface area contributed by atoms with Crippen LogP contribution in [0, 0.1) is 5.82 Å². The van der Waals surface area contributed by atoms with E-state index in [1.54, 1.807) is 6.07 Å². The molecule has 0 amide bonds. The number of rotatable bonds is 5. The van der Waals surface area contributed by atoms with Gasteiger partial charge in [-0.1, -0.05) is 30.3 Å². The van der Waals surface area contributed by atoms with Crippen molar-refractivity contribution < 1.29 is 12.8 Å². The second-order valence-corrected chi connectivity index (χ2v) is 7.86. The fraction of sp³-hybridized carbons (Fsp3) is 0.353. The van der Waals surface area contributed by atoms with Crippen molar-refractivity contribution in [3.63, 3.8) is 0 Å². The topological polar surface area (TPSA) is 62.3 Å². The quantitative estimate of drug-likeness (QED) is 0.901. The first-order valence-electron chi connectivity index (χ1n) is 7.93. The van der Waals surface area contributed by atoms with Crippen LogP contribution in [0.4, 0.5) is 10.2 Å². The van der Waals surface area contributed by atoms with Crippen LogP contribution in [0.2, 0.25) is 0 Å². The van der Waals surface area contributed by atoms with Gasteiger partial charge in [0.2, 0.25) is 10.0 Å². The Morgan fingerprint density at radius 1 is 1.12 bits per heavy atom. The van der Waals surface area contributed by atoms with Crippen molar-refractivity contribution in [3.05, 3.63) is 60.0 Å². The number of aromatic nitrogens is 1. The van der Waals surface area contributed by atoms with Gasteiger partial charge in [0.15, 0.2) is 11.6 Å². The van der Waals surface area contributed by atoms with Crippen LogP contribution in [0.25, 0.3) is 0 Å². The summed E-state index contributed by atoms with van der Waals surface area (Å²) in [6, 6.07) is 12.1. The lowest BCUT2D eigenvalue weighted by Gasteiger charge is -2.32. The molecule has 1 aliphatic rings. The van der Waals surface area contributed by atoms with E-state index < -0.39 is 15.8 Å². The molecule has 0 aliphatic carbocycles. The summed E-state index contributed by atoms with van der Waals surface area (Å²) in [4.78, 5) is 3.98. The molecular formula is C17H20FN3O2S. The summed E-state index contributed by atoms with van der Waals surface area (Å²) >= 11 is 0. The molecule has 1 aliphatic heterocycles. The van der Waals surface area contributed by atoms with Crippen molar-refractivity contribution in [1.82, 2.24) is 9.29 Å². The van der Waals surface area contributed by atoms with E-state index in [0.717, 1.165) is 5.56 Å². The summed E-state index contributed by atoms with van der Waals surface area (Å²) < 4.78 is 40.2. The molecule has 1 saturated heterocycles. The zero-order valence-electron chi connectivity index (χ0n) is 13.2. The minimum atomic E-state index is -3.32. The Morgan fingerprint density at radius 2 is 1.83 bits per heavy atom. The van der Waals surface area contributed by atoms with Crippen molar-refractivity contribution in [2.24, 2.45) is 0 Å². The van der Waals surface area contributed by atoms with Crippen molar-refractivity contribution in [1.29, 1.82) is 0 Å². The number of halogens is 1. The molecule has 1 N–H and O–H groups in total. The summed E-state index contributed by atoms with van der Waals surface area (Å²) in [6.07, 6.45) is 2.79. The van der Waals surface area contributed by atoms with E-state index in [2.05, 4.69) is 10.3 Å². The maximum atomic E-state index is 13.6. The number of sulfonamides is 1. The number of pyridine rings is 1. The second kappa shape index (κ2) is 7.27. The molecule has 0 saturated carbocycles. The zero-order chi connectivity index (χ0) is 17.0. The highest BCUT2D eigenvalue weighted by molar-refractivity contribution is 7.88. The highest BCUT2D eigenvalue weighted by Crippen LogP contribution is 2.20. The number of hydrogen-bond acceptors (Lipinski definition) is 4. The average molecular weight is 349 g/mol. The Balaban J connectivity index is 1.57. The van der Waals surface area contributed by atoms with E-state index in [1.807, 2.05) is 30.3 Å². The Kier molecular flexibility index (Phi) is 5.11. The molecular weight excluding hydrogens is 329 g/mol. The van der Waals surface area contributed by atoms with Gasteiger partial charge in [0.1, 0.15) is 0 Å². The summed E-state index contributed by atoms with van der Waals surface area (Å²) in [5, 5.41) is 3.06. The highest BCUT2D eigenvalue weighted by Gasteiger charge is 2.28. The van der Waals surface area contributed by atoms with Gasteiger partial charge in [-0.05, 0) is 30.5 Å². The van der Waals surface area contributed by atoms with Gasteiger partial charge in [-0.25, -0.2) is 22.1 Å². The Bertz CT molecular complexity index is 775. The Hall–Kier alpha value is -1.99. The normalized spacial score (nSPS) is 16.9. The van der Waals surface area contributed by atoms with E-state index >= 15 is 0 Å². The van der Waals surface area contributed by atoms with Gasteiger partial charge in [-0.3, -0.25) is 0 Å². The minimum Gasteiger partial charge on any atom is -0.365 e. The lowest BCUT2D eigenvalue weighted by atomic mass is 10.1. The van der Waals surface area contributed by atoms with E-state index in [1.165, 1.54) is 16.6 Å². The molecule has 3 rings (SSSR count). The molecule has 2 heterocycles. The first-order valence-corrected chi connectivity index (χ1v) is 9.54. The summed E-state index contributed by atoms with van der Waals surface area (Å²) in [7, 11) is -3.32. The third-order valence-corrected chi connectivity index (χ3v) is 5.99. The molecule has 0 radical (unpaired) electrons. The predicted octanol–water partition coefficient (Wildman–Crippen LogP) is 2.63. The molecule has 24 heavy (non-hydrogen) atoms. The molecule has 0 bridgehead atoms. The van der Waals surface area contributed by atoms with Gasteiger partial charge >= 0.3 is 0 Å². The summed E-state index contributed by atoms with van der Waals surface area (Å²) in [6.45, 7) is 0.864. The molecule has 128 valence electrons. The maximum absolute atomic E-state index is 13.6. The molecule has 1 fully saturated rings. The first kappa shape index (κ1) is 16.9. The van der Waals surface area contributed by atoms with Gasteiger partial charge < -0.3 is 5.32 Å². The molecule has 0 spiro atoms. The molecule has 1 aromatic heterocycles. The molecule has 2 aromatic rings. The smallest absolute Gasteiger partial charge is 0.218 e. The summed E-state index contributed by atoms with van der Waals surface area (Å²) in [5.74, 6) is -0.152. The van der Waals surface area contributed by atoms with Crippen LogP contribution < -0.4 is 5.32 Å². The number of nitrogens with zero attached hydrogens (tertiary/aromatic N) is 2. The van der Waals surface area contributed by atoms with Crippen LogP contribution in [0.5, 0.6) is 0 Å². The minimum absolute atomic E-state index is 0.0147. The van der Waals surface area contributed by atoms with Crippen molar-refractivity contribution >= 4 is 15.8 Å². The van der Waals surface area contributed by atoms with Crippen molar-refractivity contribution in [3.8, 4) is 0 Å². The number of benzene rings is 1. The fourth-order valence-electron chi connectivity index (χ4n) is 2.84. The monoisotopic (exact) mass is 349 g/mol. The molecule has 1 aromatic carbocycles. The van der Waals surface area contributed by atoms with Gasteiger partial charge in [0.05, 0.1) is 5.75 Å². The van der Waals surface area contributed by atoms with E-state index in [-0.39, 0.29) is 17.6 Å².